The molecule has 0 aromatic heterocycles. The summed E-state index contributed by atoms with van der Waals surface area (Å²) in [5, 5.41) is 11.0. The number of rotatable bonds is 5. The number of benzene rings is 2. The summed E-state index contributed by atoms with van der Waals surface area (Å²) in [6.45, 7) is 1.78. The predicted molar refractivity (Wildman–Crippen MR) is 106 cm³/mol. The molecule has 140 valence electrons. The van der Waals surface area contributed by atoms with Crippen molar-refractivity contribution in [1.82, 2.24) is 5.32 Å². The Morgan fingerprint density at radius 3 is 2.74 bits per heavy atom. The third-order valence-corrected chi connectivity index (χ3v) is 5.98. The normalized spacial score (nSPS) is 16.1. The number of halogens is 1. The van der Waals surface area contributed by atoms with Gasteiger partial charge in [-0.15, -0.1) is 5.10 Å². The molecule has 7 nitrogen and oxygen atoms in total. The average molecular weight is 424 g/mol. The summed E-state index contributed by atoms with van der Waals surface area (Å²) < 4.78 is 30.3. The van der Waals surface area contributed by atoms with Crippen molar-refractivity contribution in [2.75, 3.05) is 5.75 Å². The Labute approximate surface area is 165 Å². The molecule has 0 radical (unpaired) electrons. The second kappa shape index (κ2) is 8.12. The topological polar surface area (TPSA) is 97.2 Å². The third-order valence-electron chi connectivity index (χ3n) is 3.48. The van der Waals surface area contributed by atoms with Crippen LogP contribution in [-0.4, -0.2) is 31.5 Å². The third kappa shape index (κ3) is 4.88. The van der Waals surface area contributed by atoms with E-state index in [1.54, 1.807) is 31.2 Å². The van der Waals surface area contributed by atoms with Gasteiger partial charge in [0.05, 0.1) is 12.0 Å². The monoisotopic (exact) mass is 423 g/mol. The fraction of sp³-hybridized carbons (Fsp3) is 0.118. The molecule has 1 aliphatic rings. The molecule has 2 aromatic rings. The van der Waals surface area contributed by atoms with E-state index in [1.807, 2.05) is 0 Å². The van der Waals surface area contributed by atoms with Gasteiger partial charge in [0.2, 0.25) is 5.91 Å². The maximum absolute atomic E-state index is 12.5. The van der Waals surface area contributed by atoms with E-state index >= 15 is 0 Å². The molecule has 1 fully saturated rings. The van der Waals surface area contributed by atoms with E-state index in [-0.39, 0.29) is 16.6 Å². The highest BCUT2D eigenvalue weighted by atomic mass is 35.5. The van der Waals surface area contributed by atoms with Crippen LogP contribution in [0.2, 0.25) is 5.02 Å². The van der Waals surface area contributed by atoms with Crippen LogP contribution >= 0.6 is 23.4 Å². The first-order valence-electron chi connectivity index (χ1n) is 7.68. The smallest absolute Gasteiger partial charge is 0.339 e. The van der Waals surface area contributed by atoms with E-state index < -0.39 is 10.1 Å². The van der Waals surface area contributed by atoms with Gasteiger partial charge < -0.3 is 9.50 Å². The van der Waals surface area contributed by atoms with Crippen LogP contribution in [0.1, 0.15) is 11.1 Å². The van der Waals surface area contributed by atoms with Gasteiger partial charge in [0.25, 0.3) is 0 Å². The maximum atomic E-state index is 12.5. The van der Waals surface area contributed by atoms with Gasteiger partial charge in [0.15, 0.2) is 10.9 Å². The number of hydrogen-bond acceptors (Lipinski definition) is 7. The van der Waals surface area contributed by atoms with Gasteiger partial charge in [0.1, 0.15) is 4.90 Å². The number of amides is 1. The summed E-state index contributed by atoms with van der Waals surface area (Å²) in [4.78, 5) is 11.1. The van der Waals surface area contributed by atoms with E-state index in [0.717, 1.165) is 5.56 Å². The fourth-order valence-electron chi connectivity index (χ4n) is 2.08. The molecule has 0 saturated carbocycles. The van der Waals surface area contributed by atoms with E-state index in [4.69, 9.17) is 15.8 Å². The van der Waals surface area contributed by atoms with Crippen LogP contribution in [0, 0.1) is 6.92 Å². The summed E-state index contributed by atoms with van der Waals surface area (Å²) in [5.41, 5.74) is 1.18. The maximum Gasteiger partial charge on any atom is 0.339 e. The lowest BCUT2D eigenvalue weighted by Gasteiger charge is -2.10. The van der Waals surface area contributed by atoms with Crippen molar-refractivity contribution in [3.05, 3.63) is 58.6 Å². The number of nitrogens with one attached hydrogen (secondary N) is 1. The van der Waals surface area contributed by atoms with Crippen molar-refractivity contribution < 1.29 is 17.4 Å². The quantitative estimate of drug-likeness (QED) is 0.453. The lowest BCUT2D eigenvalue weighted by molar-refractivity contribution is -0.116. The Bertz CT molecular complexity index is 1050. The molecule has 1 amide bonds. The van der Waals surface area contributed by atoms with Crippen LogP contribution in [0.4, 0.5) is 0 Å². The summed E-state index contributed by atoms with van der Waals surface area (Å²) in [7, 11) is -4.07. The van der Waals surface area contributed by atoms with Crippen molar-refractivity contribution in [1.29, 1.82) is 0 Å². The SMILES string of the molecule is Cc1ccc(S(=O)(=O)Oc2ccccc2/C=N/N=C2NC(=O)CS2)cc1Cl. The van der Waals surface area contributed by atoms with Gasteiger partial charge >= 0.3 is 10.1 Å². The van der Waals surface area contributed by atoms with Crippen molar-refractivity contribution in [3.8, 4) is 5.75 Å². The molecule has 10 heteroatoms. The van der Waals surface area contributed by atoms with Crippen LogP contribution in [0.5, 0.6) is 5.75 Å². The Kier molecular flexibility index (Phi) is 5.83. The second-order valence-electron chi connectivity index (χ2n) is 5.47. The number of amidine groups is 1. The number of carbonyl (C=O) groups excluding carboxylic acids is 1. The molecule has 0 aliphatic carbocycles. The minimum absolute atomic E-state index is 0.0462. The Balaban J connectivity index is 1.83. The van der Waals surface area contributed by atoms with Gasteiger partial charge in [-0.2, -0.15) is 13.5 Å². The molecule has 1 saturated heterocycles. The molecule has 27 heavy (non-hydrogen) atoms. The lowest BCUT2D eigenvalue weighted by atomic mass is 10.2. The molecule has 0 atom stereocenters. The highest BCUT2D eigenvalue weighted by molar-refractivity contribution is 8.15. The first-order valence-corrected chi connectivity index (χ1v) is 10.5. The zero-order valence-electron chi connectivity index (χ0n) is 14.0. The minimum Gasteiger partial charge on any atom is -0.378 e. The summed E-state index contributed by atoms with van der Waals surface area (Å²) in [6, 6.07) is 10.9. The van der Waals surface area contributed by atoms with Gasteiger partial charge in [-0.1, -0.05) is 41.6 Å². The average Bonchev–Trinajstić information content (AvgIpc) is 3.04. The number of hydrogen-bond donors (Lipinski definition) is 1. The second-order valence-corrected chi connectivity index (χ2v) is 8.39. The summed E-state index contributed by atoms with van der Waals surface area (Å²) in [5.74, 6) is 0.257. The number of para-hydroxylation sites is 1. The molecule has 1 N–H and O–H groups in total. The Hall–Kier alpha value is -2.36. The Morgan fingerprint density at radius 2 is 2.04 bits per heavy atom. The molecule has 2 aromatic carbocycles. The first-order chi connectivity index (χ1) is 12.8. The van der Waals surface area contributed by atoms with Crippen LogP contribution in [-0.2, 0) is 14.9 Å². The molecule has 1 heterocycles. The fourth-order valence-corrected chi connectivity index (χ4v) is 3.94. The predicted octanol–water partition coefficient (Wildman–Crippen LogP) is 2.97. The van der Waals surface area contributed by atoms with Crippen LogP contribution in [0.25, 0.3) is 0 Å². The van der Waals surface area contributed by atoms with Gasteiger partial charge in [-0.3, -0.25) is 4.79 Å². The van der Waals surface area contributed by atoms with Crippen molar-refractivity contribution in [3.63, 3.8) is 0 Å². The Morgan fingerprint density at radius 1 is 1.26 bits per heavy atom. The van der Waals surface area contributed by atoms with Crippen LogP contribution < -0.4 is 9.50 Å². The molecule has 0 unspecified atom stereocenters. The van der Waals surface area contributed by atoms with E-state index in [0.29, 0.717) is 21.5 Å². The summed E-state index contributed by atoms with van der Waals surface area (Å²) in [6.07, 6.45) is 1.35. The van der Waals surface area contributed by atoms with Crippen molar-refractivity contribution >= 4 is 50.8 Å². The standard InChI is InChI=1S/C17H14ClN3O4S2/c1-11-6-7-13(8-14(11)18)27(23,24)25-15-5-3-2-4-12(15)9-19-21-17-20-16(22)10-26-17/h2-9H,10H2,1H3,(H,20,21,22)/b19-9+. The number of nitrogens with zero attached hydrogens (tertiary/aromatic N) is 2. The van der Waals surface area contributed by atoms with Crippen molar-refractivity contribution in [2.24, 2.45) is 10.2 Å². The first kappa shape index (κ1) is 19.4. The number of thioether (sulfide) groups is 1. The van der Waals surface area contributed by atoms with Gasteiger partial charge in [-0.25, -0.2) is 0 Å². The molecule has 0 spiro atoms. The highest BCUT2D eigenvalue weighted by Gasteiger charge is 2.19. The number of aryl methyl sites for hydroxylation is 1. The number of carbonyl (C=O) groups is 1. The zero-order chi connectivity index (χ0) is 19.4. The van der Waals surface area contributed by atoms with Gasteiger partial charge in [-0.05, 0) is 36.8 Å². The van der Waals surface area contributed by atoms with Crippen LogP contribution in [0.15, 0.2) is 57.6 Å². The summed E-state index contributed by atoms with van der Waals surface area (Å²) >= 11 is 7.24. The van der Waals surface area contributed by atoms with Crippen molar-refractivity contribution in [2.45, 2.75) is 11.8 Å². The lowest BCUT2D eigenvalue weighted by Crippen LogP contribution is -2.19. The molecule has 3 rings (SSSR count). The molecule has 0 bridgehead atoms. The zero-order valence-corrected chi connectivity index (χ0v) is 16.4. The van der Waals surface area contributed by atoms with E-state index in [2.05, 4.69) is 15.5 Å². The minimum atomic E-state index is -4.07. The van der Waals surface area contributed by atoms with Crippen LogP contribution in [0.3, 0.4) is 0 Å². The van der Waals surface area contributed by atoms with E-state index in [1.165, 1.54) is 36.2 Å². The highest BCUT2D eigenvalue weighted by Crippen LogP contribution is 2.25. The molecular weight excluding hydrogens is 410 g/mol. The van der Waals surface area contributed by atoms with Gasteiger partial charge in [0, 0.05) is 10.6 Å². The van der Waals surface area contributed by atoms with E-state index in [9.17, 15) is 13.2 Å². The largest absolute Gasteiger partial charge is 0.378 e. The molecule has 1 aliphatic heterocycles. The molecular formula is C17H14ClN3O4S2.